The molecule has 0 radical (unpaired) electrons. The first-order valence-electron chi connectivity index (χ1n) is 4.76. The Labute approximate surface area is 82.8 Å². The second-order valence-corrected chi connectivity index (χ2v) is 4.06. The fourth-order valence-corrected chi connectivity index (χ4v) is 1.66. The highest BCUT2D eigenvalue weighted by Crippen LogP contribution is 2.46. The Morgan fingerprint density at radius 2 is 2.21 bits per heavy atom. The van der Waals surface area contributed by atoms with Crippen LogP contribution in [-0.4, -0.2) is 20.6 Å². The number of rotatable bonds is 3. The van der Waals surface area contributed by atoms with Gasteiger partial charge in [0.2, 0.25) is 0 Å². The number of nitrogens with two attached hydrogens (primary N) is 1. The molecule has 2 rings (SSSR count). The largest absolute Gasteiger partial charge is 0.387 e. The molecule has 5 nitrogen and oxygen atoms in total. The summed E-state index contributed by atoms with van der Waals surface area (Å²) < 4.78 is 1.85. The second-order valence-electron chi connectivity index (χ2n) is 4.06. The third-order valence-electron chi connectivity index (χ3n) is 2.84. The molecule has 1 aromatic heterocycles. The molecular formula is C9H15N5. The molecule has 0 amide bonds. The lowest BCUT2D eigenvalue weighted by Gasteiger charge is -2.13. The first-order chi connectivity index (χ1) is 6.53. The molecule has 0 aliphatic heterocycles. The molecule has 1 aliphatic carbocycles. The molecule has 1 saturated carbocycles. The van der Waals surface area contributed by atoms with Gasteiger partial charge in [-0.2, -0.15) is 5.10 Å². The van der Waals surface area contributed by atoms with Gasteiger partial charge in [-0.3, -0.25) is 5.41 Å². The van der Waals surface area contributed by atoms with E-state index >= 15 is 0 Å². The average molecular weight is 193 g/mol. The molecule has 1 fully saturated rings. The van der Waals surface area contributed by atoms with Crippen molar-refractivity contribution in [2.45, 2.75) is 33.2 Å². The Hall–Kier alpha value is -1.39. The summed E-state index contributed by atoms with van der Waals surface area (Å²) in [7, 11) is 0. The Kier molecular flexibility index (Phi) is 1.83. The average Bonchev–Trinajstić information content (AvgIpc) is 2.77. The highest BCUT2D eigenvalue weighted by molar-refractivity contribution is 5.86. The van der Waals surface area contributed by atoms with E-state index in [0.29, 0.717) is 6.54 Å². The van der Waals surface area contributed by atoms with E-state index < -0.39 is 0 Å². The Balaban J connectivity index is 2.19. The Bertz CT molecular complexity index is 375. The lowest BCUT2D eigenvalue weighted by atomic mass is 10.1. The summed E-state index contributed by atoms with van der Waals surface area (Å²) in [5.41, 5.74) is 5.44. The topological polar surface area (TPSA) is 80.6 Å². The van der Waals surface area contributed by atoms with Gasteiger partial charge >= 0.3 is 0 Å². The predicted molar refractivity (Wildman–Crippen MR) is 53.1 cm³/mol. The van der Waals surface area contributed by atoms with Crippen molar-refractivity contribution in [1.29, 1.82) is 5.41 Å². The van der Waals surface area contributed by atoms with E-state index in [1.165, 1.54) is 0 Å². The summed E-state index contributed by atoms with van der Waals surface area (Å²) in [6, 6.07) is 0. The minimum atomic E-state index is -0.120. The van der Waals surface area contributed by atoms with E-state index in [9.17, 15) is 0 Å². The second kappa shape index (κ2) is 2.80. The molecular weight excluding hydrogens is 178 g/mol. The summed E-state index contributed by atoms with van der Waals surface area (Å²) in [5, 5.41) is 11.8. The van der Waals surface area contributed by atoms with Crippen molar-refractivity contribution in [2.75, 3.05) is 0 Å². The molecule has 0 atom stereocenters. The van der Waals surface area contributed by atoms with E-state index in [-0.39, 0.29) is 11.3 Å². The van der Waals surface area contributed by atoms with Crippen LogP contribution < -0.4 is 5.73 Å². The van der Waals surface area contributed by atoms with Crippen LogP contribution in [0.2, 0.25) is 0 Å². The number of hydrogen-bond donors (Lipinski definition) is 2. The molecule has 0 spiro atoms. The number of aromatic nitrogens is 3. The smallest absolute Gasteiger partial charge is 0.147 e. The predicted octanol–water partition coefficient (Wildman–Crippen LogP) is 0.611. The van der Waals surface area contributed by atoms with E-state index in [1.54, 1.807) is 0 Å². The normalized spacial score (nSPS) is 18.1. The quantitative estimate of drug-likeness (QED) is 0.545. The van der Waals surface area contributed by atoms with Crippen molar-refractivity contribution in [2.24, 2.45) is 11.1 Å². The van der Waals surface area contributed by atoms with E-state index in [1.807, 2.05) is 18.5 Å². The van der Waals surface area contributed by atoms with Crippen LogP contribution >= 0.6 is 0 Å². The van der Waals surface area contributed by atoms with Gasteiger partial charge in [0.1, 0.15) is 11.6 Å². The molecule has 76 valence electrons. The van der Waals surface area contributed by atoms with Crippen molar-refractivity contribution < 1.29 is 0 Å². The molecule has 0 bridgehead atoms. The standard InChI is InChI=1S/C9H15N5/c1-6-12-7(2)14(13-6)5-9(3-4-9)8(10)11/h3-5H2,1-2H3,(H3,10,11). The molecule has 1 aliphatic rings. The molecule has 0 aromatic carbocycles. The van der Waals surface area contributed by atoms with Crippen LogP contribution in [0.3, 0.4) is 0 Å². The third-order valence-corrected chi connectivity index (χ3v) is 2.84. The van der Waals surface area contributed by atoms with Crippen molar-refractivity contribution in [3.63, 3.8) is 0 Å². The third kappa shape index (κ3) is 1.38. The van der Waals surface area contributed by atoms with Gasteiger partial charge < -0.3 is 5.73 Å². The zero-order valence-corrected chi connectivity index (χ0v) is 8.54. The highest BCUT2D eigenvalue weighted by atomic mass is 15.3. The molecule has 3 N–H and O–H groups in total. The van der Waals surface area contributed by atoms with Crippen LogP contribution in [0.4, 0.5) is 0 Å². The van der Waals surface area contributed by atoms with Crippen molar-refractivity contribution >= 4 is 5.84 Å². The number of amidine groups is 1. The summed E-state index contributed by atoms with van der Waals surface area (Å²) in [6.45, 7) is 4.50. The van der Waals surface area contributed by atoms with Gasteiger partial charge in [0.05, 0.1) is 12.4 Å². The first-order valence-corrected chi connectivity index (χ1v) is 4.76. The zero-order valence-electron chi connectivity index (χ0n) is 8.54. The summed E-state index contributed by atoms with van der Waals surface area (Å²) in [6.07, 6.45) is 2.00. The lowest BCUT2D eigenvalue weighted by molar-refractivity contribution is 0.483. The monoisotopic (exact) mass is 193 g/mol. The van der Waals surface area contributed by atoms with Crippen LogP contribution in [0.5, 0.6) is 0 Å². The SMILES string of the molecule is Cc1nc(C)n(CC2(C(=N)N)CC2)n1. The molecule has 5 heteroatoms. The molecule has 14 heavy (non-hydrogen) atoms. The lowest BCUT2D eigenvalue weighted by Crippen LogP contribution is -2.29. The Morgan fingerprint density at radius 1 is 1.57 bits per heavy atom. The summed E-state index contributed by atoms with van der Waals surface area (Å²) in [4.78, 5) is 4.22. The number of hydrogen-bond acceptors (Lipinski definition) is 3. The molecule has 1 aromatic rings. The maximum Gasteiger partial charge on any atom is 0.147 e. The van der Waals surface area contributed by atoms with Crippen LogP contribution in [0, 0.1) is 24.7 Å². The van der Waals surface area contributed by atoms with Gasteiger partial charge in [-0.1, -0.05) is 0 Å². The van der Waals surface area contributed by atoms with Gasteiger partial charge in [-0.05, 0) is 26.7 Å². The van der Waals surface area contributed by atoms with Crippen LogP contribution in [0.25, 0.3) is 0 Å². The molecule has 0 saturated heterocycles. The van der Waals surface area contributed by atoms with Gasteiger partial charge in [-0.25, -0.2) is 9.67 Å². The first kappa shape index (κ1) is 9.18. The van der Waals surface area contributed by atoms with E-state index in [2.05, 4.69) is 10.1 Å². The van der Waals surface area contributed by atoms with Gasteiger partial charge in [0, 0.05) is 5.41 Å². The van der Waals surface area contributed by atoms with Gasteiger partial charge in [0.15, 0.2) is 0 Å². The van der Waals surface area contributed by atoms with Crippen molar-refractivity contribution in [1.82, 2.24) is 14.8 Å². The maximum atomic E-state index is 7.50. The summed E-state index contributed by atoms with van der Waals surface area (Å²) >= 11 is 0. The van der Waals surface area contributed by atoms with Crippen molar-refractivity contribution in [3.8, 4) is 0 Å². The van der Waals surface area contributed by atoms with Crippen LogP contribution in [0.15, 0.2) is 0 Å². The number of nitrogens with zero attached hydrogens (tertiary/aromatic N) is 3. The van der Waals surface area contributed by atoms with Crippen LogP contribution in [-0.2, 0) is 6.54 Å². The zero-order chi connectivity index (χ0) is 10.3. The minimum absolute atomic E-state index is 0.120. The van der Waals surface area contributed by atoms with Crippen molar-refractivity contribution in [3.05, 3.63) is 11.6 Å². The van der Waals surface area contributed by atoms with Gasteiger partial charge in [-0.15, -0.1) is 0 Å². The fraction of sp³-hybridized carbons (Fsp3) is 0.667. The molecule has 0 unspecified atom stereocenters. The van der Waals surface area contributed by atoms with Gasteiger partial charge in [0.25, 0.3) is 0 Å². The number of aryl methyl sites for hydroxylation is 2. The van der Waals surface area contributed by atoms with E-state index in [0.717, 1.165) is 24.5 Å². The van der Waals surface area contributed by atoms with E-state index in [4.69, 9.17) is 11.1 Å². The highest BCUT2D eigenvalue weighted by Gasteiger charge is 2.46. The summed E-state index contributed by atoms with van der Waals surface area (Å²) in [5.74, 6) is 1.96. The minimum Gasteiger partial charge on any atom is -0.387 e. The number of nitrogens with one attached hydrogen (secondary N) is 1. The molecule has 1 heterocycles. The Morgan fingerprint density at radius 3 is 2.57 bits per heavy atom. The fourth-order valence-electron chi connectivity index (χ4n) is 1.66. The maximum absolute atomic E-state index is 7.50. The van der Waals surface area contributed by atoms with Crippen LogP contribution in [0.1, 0.15) is 24.5 Å².